The van der Waals surface area contributed by atoms with Crippen LogP contribution < -0.4 is 10.6 Å². The molecule has 0 aliphatic carbocycles. The second-order valence-corrected chi connectivity index (χ2v) is 5.28. The van der Waals surface area contributed by atoms with Crippen molar-refractivity contribution in [2.24, 2.45) is 0 Å². The lowest BCUT2D eigenvalue weighted by Crippen LogP contribution is -2.44. The smallest absolute Gasteiger partial charge is 0.251 e. The molecule has 1 atom stereocenters. The summed E-state index contributed by atoms with van der Waals surface area (Å²) in [6, 6.07) is 15.4. The monoisotopic (exact) mass is 316 g/mol. The molecule has 0 spiro atoms. The van der Waals surface area contributed by atoms with Crippen LogP contribution in [0.5, 0.6) is 0 Å². The molecule has 2 aromatic carbocycles. The molecule has 114 valence electrons. The van der Waals surface area contributed by atoms with Crippen molar-refractivity contribution in [3.63, 3.8) is 0 Å². The van der Waals surface area contributed by atoms with E-state index in [1.54, 1.807) is 37.3 Å². The normalized spacial score (nSPS) is 11.5. The van der Waals surface area contributed by atoms with Crippen LogP contribution in [0.4, 0.5) is 0 Å². The third-order valence-corrected chi connectivity index (χ3v) is 3.56. The van der Waals surface area contributed by atoms with Gasteiger partial charge in [-0.2, -0.15) is 0 Å². The molecule has 0 heterocycles. The minimum absolute atomic E-state index is 0.260. The van der Waals surface area contributed by atoms with E-state index < -0.39 is 6.04 Å². The zero-order valence-corrected chi connectivity index (χ0v) is 12.9. The molecule has 0 saturated heterocycles. The minimum atomic E-state index is -0.629. The highest BCUT2D eigenvalue weighted by Crippen LogP contribution is 2.14. The number of nitrogens with one attached hydrogen (secondary N) is 2. The second-order valence-electron chi connectivity index (χ2n) is 4.87. The van der Waals surface area contributed by atoms with Crippen LogP contribution in [0.25, 0.3) is 0 Å². The molecule has 22 heavy (non-hydrogen) atoms. The summed E-state index contributed by atoms with van der Waals surface area (Å²) in [5.74, 6) is -0.537. The molecular weight excluding hydrogens is 300 g/mol. The maximum atomic E-state index is 12.0. The van der Waals surface area contributed by atoms with E-state index in [1.165, 1.54) is 0 Å². The number of carbonyl (C=O) groups is 2. The highest BCUT2D eigenvalue weighted by Gasteiger charge is 2.16. The lowest BCUT2D eigenvalue weighted by atomic mass is 10.2. The molecule has 2 N–H and O–H groups in total. The maximum absolute atomic E-state index is 12.0. The zero-order chi connectivity index (χ0) is 15.9. The molecule has 0 aliphatic heterocycles. The summed E-state index contributed by atoms with van der Waals surface area (Å²) < 4.78 is 0. The third kappa shape index (κ3) is 4.33. The molecule has 5 heteroatoms. The molecule has 2 amide bonds. The van der Waals surface area contributed by atoms with Crippen molar-refractivity contribution >= 4 is 23.4 Å². The topological polar surface area (TPSA) is 58.2 Å². The summed E-state index contributed by atoms with van der Waals surface area (Å²) in [5, 5.41) is 6.02. The van der Waals surface area contributed by atoms with Crippen molar-refractivity contribution in [1.29, 1.82) is 0 Å². The van der Waals surface area contributed by atoms with Gasteiger partial charge in [-0.25, -0.2) is 0 Å². The first-order valence-electron chi connectivity index (χ1n) is 6.95. The van der Waals surface area contributed by atoms with Crippen LogP contribution in [0.3, 0.4) is 0 Å². The van der Waals surface area contributed by atoms with Gasteiger partial charge in [0, 0.05) is 17.1 Å². The number of amides is 2. The molecule has 0 radical (unpaired) electrons. The van der Waals surface area contributed by atoms with E-state index in [0.29, 0.717) is 17.1 Å². The molecule has 0 aliphatic rings. The van der Waals surface area contributed by atoms with Gasteiger partial charge in [-0.3, -0.25) is 9.59 Å². The van der Waals surface area contributed by atoms with E-state index in [2.05, 4.69) is 10.6 Å². The number of benzene rings is 2. The molecule has 2 rings (SSSR count). The van der Waals surface area contributed by atoms with Crippen LogP contribution >= 0.6 is 11.6 Å². The Morgan fingerprint density at radius 2 is 1.68 bits per heavy atom. The number of hydrogen-bond acceptors (Lipinski definition) is 2. The average molecular weight is 317 g/mol. The Labute approximate surface area is 134 Å². The van der Waals surface area contributed by atoms with Gasteiger partial charge in [0.15, 0.2) is 0 Å². The summed E-state index contributed by atoms with van der Waals surface area (Å²) in [5.41, 5.74) is 1.35. The van der Waals surface area contributed by atoms with Gasteiger partial charge in [-0.05, 0) is 30.7 Å². The van der Waals surface area contributed by atoms with Crippen LogP contribution in [0.1, 0.15) is 22.8 Å². The number of hydrogen-bond donors (Lipinski definition) is 2. The van der Waals surface area contributed by atoms with Gasteiger partial charge < -0.3 is 10.6 Å². The summed E-state index contributed by atoms with van der Waals surface area (Å²) in [6.45, 7) is 1.97. The Morgan fingerprint density at radius 1 is 1.05 bits per heavy atom. The van der Waals surface area contributed by atoms with Crippen molar-refractivity contribution in [3.8, 4) is 0 Å². The Bertz CT molecular complexity index is 659. The van der Waals surface area contributed by atoms with Crippen molar-refractivity contribution in [1.82, 2.24) is 10.6 Å². The fraction of sp³-hybridized carbons (Fsp3) is 0.176. The predicted molar refractivity (Wildman–Crippen MR) is 86.7 cm³/mol. The first-order valence-corrected chi connectivity index (χ1v) is 7.33. The van der Waals surface area contributed by atoms with Crippen molar-refractivity contribution < 1.29 is 9.59 Å². The molecule has 0 fully saturated rings. The Kier molecular flexibility index (Phi) is 5.55. The predicted octanol–water partition coefficient (Wildman–Crippen LogP) is 2.77. The molecule has 0 saturated carbocycles. The van der Waals surface area contributed by atoms with Crippen molar-refractivity contribution in [2.45, 2.75) is 19.5 Å². The lowest BCUT2D eigenvalue weighted by Gasteiger charge is -2.14. The van der Waals surface area contributed by atoms with Gasteiger partial charge in [0.05, 0.1) is 0 Å². The number of carbonyl (C=O) groups excluding carboxylic acids is 2. The van der Waals surface area contributed by atoms with Gasteiger partial charge in [-0.15, -0.1) is 0 Å². The van der Waals surface area contributed by atoms with Gasteiger partial charge in [-0.1, -0.05) is 48.0 Å². The van der Waals surface area contributed by atoms with E-state index >= 15 is 0 Å². The molecule has 1 unspecified atom stereocenters. The van der Waals surface area contributed by atoms with Gasteiger partial charge in [0.2, 0.25) is 5.91 Å². The molecule has 4 nitrogen and oxygen atoms in total. The highest BCUT2D eigenvalue weighted by molar-refractivity contribution is 6.31. The molecular formula is C17H17ClN2O2. The second kappa shape index (κ2) is 7.61. The van der Waals surface area contributed by atoms with E-state index in [9.17, 15) is 9.59 Å². The van der Waals surface area contributed by atoms with E-state index in [-0.39, 0.29) is 11.8 Å². The standard InChI is InChI=1S/C17H17ClN2O2/c1-12(20-17(22)13-7-3-2-4-8-13)16(21)19-11-14-9-5-6-10-15(14)18/h2-10,12H,11H2,1H3,(H,19,21)(H,20,22). The summed E-state index contributed by atoms with van der Waals surface area (Å²) in [4.78, 5) is 24.0. The SMILES string of the molecule is CC(NC(=O)c1ccccc1)C(=O)NCc1ccccc1Cl. The van der Waals surface area contributed by atoms with E-state index in [0.717, 1.165) is 5.56 Å². The molecule has 0 bridgehead atoms. The fourth-order valence-electron chi connectivity index (χ4n) is 1.91. The Morgan fingerprint density at radius 3 is 2.36 bits per heavy atom. The van der Waals surface area contributed by atoms with Gasteiger partial charge >= 0.3 is 0 Å². The first-order chi connectivity index (χ1) is 10.6. The van der Waals surface area contributed by atoms with E-state index in [1.807, 2.05) is 24.3 Å². The fourth-order valence-corrected chi connectivity index (χ4v) is 2.11. The maximum Gasteiger partial charge on any atom is 0.251 e. The zero-order valence-electron chi connectivity index (χ0n) is 12.2. The van der Waals surface area contributed by atoms with Crippen LogP contribution in [0.2, 0.25) is 5.02 Å². The van der Waals surface area contributed by atoms with Crippen LogP contribution in [0, 0.1) is 0 Å². The summed E-state index contributed by atoms with van der Waals surface area (Å²) >= 11 is 6.03. The van der Waals surface area contributed by atoms with E-state index in [4.69, 9.17) is 11.6 Å². The van der Waals surface area contributed by atoms with Crippen LogP contribution in [-0.2, 0) is 11.3 Å². The average Bonchev–Trinajstić information content (AvgIpc) is 2.54. The quantitative estimate of drug-likeness (QED) is 0.891. The Balaban J connectivity index is 1.87. The summed E-state index contributed by atoms with van der Waals surface area (Å²) in [7, 11) is 0. The lowest BCUT2D eigenvalue weighted by molar-refractivity contribution is -0.122. The molecule has 0 aromatic heterocycles. The number of halogens is 1. The van der Waals surface area contributed by atoms with Gasteiger partial charge in [0.1, 0.15) is 6.04 Å². The Hall–Kier alpha value is -2.33. The van der Waals surface area contributed by atoms with Crippen molar-refractivity contribution in [2.75, 3.05) is 0 Å². The van der Waals surface area contributed by atoms with Crippen LogP contribution in [-0.4, -0.2) is 17.9 Å². The highest BCUT2D eigenvalue weighted by atomic mass is 35.5. The minimum Gasteiger partial charge on any atom is -0.350 e. The third-order valence-electron chi connectivity index (χ3n) is 3.19. The van der Waals surface area contributed by atoms with Gasteiger partial charge in [0.25, 0.3) is 5.91 Å². The van der Waals surface area contributed by atoms with Crippen LogP contribution in [0.15, 0.2) is 54.6 Å². The number of rotatable bonds is 5. The first kappa shape index (κ1) is 16.0. The molecule has 2 aromatic rings. The summed E-state index contributed by atoms with van der Waals surface area (Å²) in [6.07, 6.45) is 0. The largest absolute Gasteiger partial charge is 0.350 e. The van der Waals surface area contributed by atoms with Crippen molar-refractivity contribution in [3.05, 3.63) is 70.7 Å².